The van der Waals surface area contributed by atoms with Crippen LogP contribution in [0.15, 0.2) is 23.1 Å². The van der Waals surface area contributed by atoms with Crippen LogP contribution in [0, 0.1) is 10.8 Å². The molecule has 0 aromatic carbocycles. The van der Waals surface area contributed by atoms with Crippen LogP contribution in [-0.4, -0.2) is 24.1 Å². The largest absolute Gasteiger partial charge is 0.242 e. The summed E-state index contributed by atoms with van der Waals surface area (Å²) in [6.07, 6.45) is 12.5. The van der Waals surface area contributed by atoms with Crippen molar-refractivity contribution in [3.63, 3.8) is 0 Å². The lowest BCUT2D eigenvalue weighted by Crippen LogP contribution is -2.08. The summed E-state index contributed by atoms with van der Waals surface area (Å²) in [5, 5.41) is 13.2. The Morgan fingerprint density at radius 1 is 0.650 bits per heavy atom. The first-order valence-corrected chi connectivity index (χ1v) is 7.60. The molecule has 2 aliphatic carbocycles. The van der Waals surface area contributed by atoms with Gasteiger partial charge in [-0.1, -0.05) is 38.5 Å². The van der Waals surface area contributed by atoms with E-state index in [9.17, 15) is 0 Å². The molecule has 0 aromatic rings. The van der Waals surface area contributed by atoms with Gasteiger partial charge in [0.2, 0.25) is 0 Å². The molecule has 2 aliphatic rings. The molecule has 2 N–H and O–H groups in total. The van der Waals surface area contributed by atoms with Gasteiger partial charge in [-0.25, -0.2) is 20.8 Å². The molecular formula is C16H28N4. The third-order valence-corrected chi connectivity index (χ3v) is 3.64. The zero-order valence-corrected chi connectivity index (χ0v) is 12.5. The molecule has 2 saturated carbocycles. The second-order valence-corrected chi connectivity index (χ2v) is 5.07. The molecule has 20 heavy (non-hydrogen) atoms. The van der Waals surface area contributed by atoms with Gasteiger partial charge in [-0.05, 0) is 25.7 Å². The van der Waals surface area contributed by atoms with E-state index in [4.69, 9.17) is 10.8 Å². The molecule has 0 spiro atoms. The van der Waals surface area contributed by atoms with Crippen LogP contribution >= 0.6 is 0 Å². The minimum absolute atomic E-state index is 0.427. The average molecular weight is 276 g/mol. The summed E-state index contributed by atoms with van der Waals surface area (Å²) in [5.74, 6) is 0. The maximum absolute atomic E-state index is 6.62. The van der Waals surface area contributed by atoms with Gasteiger partial charge >= 0.3 is 0 Å². The van der Waals surface area contributed by atoms with Gasteiger partial charge in [-0.2, -0.15) is 0 Å². The van der Waals surface area contributed by atoms with Gasteiger partial charge in [0.1, 0.15) is 0 Å². The summed E-state index contributed by atoms with van der Waals surface area (Å²) in [7, 11) is 0. The fraction of sp³-hybridized carbons (Fsp3) is 0.750. The smallest absolute Gasteiger partial charge is 0.0864 e. The predicted octanol–water partition coefficient (Wildman–Crippen LogP) is 4.95. The monoisotopic (exact) mass is 276 g/mol. The van der Waals surface area contributed by atoms with Crippen molar-refractivity contribution >= 4 is 12.0 Å². The lowest BCUT2D eigenvalue weighted by Gasteiger charge is -2.15. The molecule has 0 aliphatic heterocycles. The quantitative estimate of drug-likeness (QED) is 0.529. The Labute approximate surface area is 123 Å². The zero-order valence-electron chi connectivity index (χ0n) is 12.5. The van der Waals surface area contributed by atoms with Crippen molar-refractivity contribution in [1.82, 2.24) is 0 Å². The van der Waals surface area contributed by atoms with E-state index in [2.05, 4.69) is 35.2 Å². The number of rotatable bonds is 2. The maximum Gasteiger partial charge on any atom is 0.0864 e. The molecule has 0 unspecified atom stereocenters. The molecule has 4 nitrogen and oxygen atoms in total. The summed E-state index contributed by atoms with van der Waals surface area (Å²) in [6.45, 7) is 6.00. The van der Waals surface area contributed by atoms with Crippen LogP contribution in [0.4, 0.5) is 0 Å². The minimum atomic E-state index is 0.427. The fourth-order valence-electron chi connectivity index (χ4n) is 2.60. The van der Waals surface area contributed by atoms with E-state index in [0.29, 0.717) is 12.1 Å². The van der Waals surface area contributed by atoms with E-state index >= 15 is 0 Å². The highest BCUT2D eigenvalue weighted by Gasteiger charge is 2.10. The number of hydrogen-bond donors (Lipinski definition) is 2. The molecule has 2 rings (SSSR count). The average Bonchev–Trinajstić information content (AvgIpc) is 2.53. The molecule has 0 saturated heterocycles. The molecule has 0 atom stereocenters. The van der Waals surface area contributed by atoms with Crippen molar-refractivity contribution < 1.29 is 0 Å². The van der Waals surface area contributed by atoms with E-state index in [1.807, 2.05) is 0 Å². The topological polar surface area (TPSA) is 72.4 Å². The summed E-state index contributed by atoms with van der Waals surface area (Å²) in [5.41, 5.74) is 0. The summed E-state index contributed by atoms with van der Waals surface area (Å²) in [6, 6.07) is 5.08. The summed E-state index contributed by atoms with van der Waals surface area (Å²) >= 11 is 0. The Balaban J connectivity index is 0.000000321. The molecule has 0 amide bonds. The number of hydrogen-bond acceptors (Lipinski definition) is 4. The Kier molecular flexibility index (Phi) is 12.9. The molecule has 0 heterocycles. The number of nitrogens with zero attached hydrogens (tertiary/aromatic N) is 2. The van der Waals surface area contributed by atoms with Gasteiger partial charge in [0, 0.05) is 0 Å². The molecule has 112 valence electrons. The van der Waals surface area contributed by atoms with Gasteiger partial charge in [0.25, 0.3) is 0 Å². The number of aliphatic imine (C=N–C) groups is 2. The van der Waals surface area contributed by atoms with Crippen LogP contribution in [0.25, 0.3) is 0 Å². The Hall–Kier alpha value is -1.50. The third-order valence-electron chi connectivity index (χ3n) is 3.64. The van der Waals surface area contributed by atoms with Crippen LogP contribution in [0.5, 0.6) is 0 Å². The first-order chi connectivity index (χ1) is 9.86. The molecule has 4 heteroatoms. The van der Waals surface area contributed by atoms with Crippen LogP contribution in [0.1, 0.15) is 64.2 Å². The van der Waals surface area contributed by atoms with Crippen molar-refractivity contribution in [3.05, 3.63) is 13.2 Å². The maximum atomic E-state index is 6.62. The van der Waals surface area contributed by atoms with Crippen molar-refractivity contribution in [2.45, 2.75) is 76.3 Å². The molecule has 0 radical (unpaired) electrons. The van der Waals surface area contributed by atoms with Crippen molar-refractivity contribution in [3.8, 4) is 0 Å². The van der Waals surface area contributed by atoms with E-state index in [0.717, 1.165) is 0 Å². The second-order valence-electron chi connectivity index (χ2n) is 5.07. The number of nitrogens with one attached hydrogen (secondary N) is 2. The minimum Gasteiger partial charge on any atom is -0.242 e. The van der Waals surface area contributed by atoms with Crippen molar-refractivity contribution in [2.24, 2.45) is 9.98 Å². The highest BCUT2D eigenvalue weighted by molar-refractivity contribution is 5.36. The third kappa shape index (κ3) is 9.43. The van der Waals surface area contributed by atoms with Gasteiger partial charge < -0.3 is 0 Å². The van der Waals surface area contributed by atoms with Crippen molar-refractivity contribution in [2.75, 3.05) is 0 Å². The Morgan fingerprint density at radius 2 is 0.950 bits per heavy atom. The van der Waals surface area contributed by atoms with E-state index in [-0.39, 0.29) is 0 Å². The second kappa shape index (κ2) is 13.9. The summed E-state index contributed by atoms with van der Waals surface area (Å²) < 4.78 is 0. The summed E-state index contributed by atoms with van der Waals surface area (Å²) in [4.78, 5) is 7.80. The van der Waals surface area contributed by atoms with Crippen molar-refractivity contribution in [1.29, 1.82) is 10.8 Å². The molecule has 0 bridgehead atoms. The molecular weight excluding hydrogens is 248 g/mol. The molecule has 0 aromatic heterocycles. The normalized spacial score (nSPS) is 19.0. The Bertz CT molecular complexity index is 283. The van der Waals surface area contributed by atoms with E-state index in [1.165, 1.54) is 64.2 Å². The standard InChI is InChI=1S/2C7H12N2.C2H4/c2*8-6-9-7-4-2-1-3-5-7;1-2/h2*7-8H,1-5H2;1-2H2. The molecule has 2 fully saturated rings. The van der Waals surface area contributed by atoms with E-state index < -0.39 is 0 Å². The SMILES string of the molecule is C=C.N=C=NC1CCCCC1.N=C=NC1CCCCC1. The predicted molar refractivity (Wildman–Crippen MR) is 85.3 cm³/mol. The first-order valence-electron chi connectivity index (χ1n) is 7.60. The lowest BCUT2D eigenvalue weighted by molar-refractivity contribution is 0.444. The van der Waals surface area contributed by atoms with Gasteiger partial charge in [0.05, 0.1) is 24.1 Å². The van der Waals surface area contributed by atoms with Crippen LogP contribution in [0.2, 0.25) is 0 Å². The highest BCUT2D eigenvalue weighted by Crippen LogP contribution is 2.20. The first kappa shape index (κ1) is 18.5. The van der Waals surface area contributed by atoms with Crippen LogP contribution in [0.3, 0.4) is 0 Å². The lowest BCUT2D eigenvalue weighted by atomic mass is 9.96. The van der Waals surface area contributed by atoms with E-state index in [1.54, 1.807) is 0 Å². The fourth-order valence-corrected chi connectivity index (χ4v) is 2.60. The van der Waals surface area contributed by atoms with Gasteiger partial charge in [-0.3, -0.25) is 0 Å². The van der Waals surface area contributed by atoms with Crippen LogP contribution in [-0.2, 0) is 0 Å². The Morgan fingerprint density at radius 3 is 1.20 bits per heavy atom. The van der Waals surface area contributed by atoms with Gasteiger partial charge in [-0.15, -0.1) is 13.2 Å². The van der Waals surface area contributed by atoms with Gasteiger partial charge in [0.15, 0.2) is 0 Å². The highest BCUT2D eigenvalue weighted by atomic mass is 14.8. The zero-order chi connectivity index (χ0) is 15.1. The van der Waals surface area contributed by atoms with Crippen LogP contribution < -0.4 is 0 Å².